The Morgan fingerprint density at radius 3 is 2.63 bits per heavy atom. The molecule has 0 spiro atoms. The number of fused-ring (bicyclic) bond motifs is 1. The lowest BCUT2D eigenvalue weighted by atomic mass is 10.1. The predicted molar refractivity (Wildman–Crippen MR) is 101 cm³/mol. The zero-order chi connectivity index (χ0) is 18.6. The fraction of sp³-hybridized carbons (Fsp3) is 0.316. The first-order chi connectivity index (χ1) is 13.2. The van der Waals surface area contributed by atoms with Gasteiger partial charge in [-0.25, -0.2) is 9.97 Å². The molecule has 1 aliphatic rings. The van der Waals surface area contributed by atoms with Crippen LogP contribution in [0.1, 0.15) is 12.8 Å². The van der Waals surface area contributed by atoms with Crippen molar-refractivity contribution in [3.05, 3.63) is 59.1 Å². The average Bonchev–Trinajstić information content (AvgIpc) is 2.71. The molecule has 1 aromatic carbocycles. The average molecular weight is 364 g/mol. The van der Waals surface area contributed by atoms with Gasteiger partial charge in [0.15, 0.2) is 0 Å². The first kappa shape index (κ1) is 17.1. The Hall–Kier alpha value is -3.29. The van der Waals surface area contributed by atoms with Gasteiger partial charge < -0.3 is 10.2 Å². The maximum atomic E-state index is 12.5. The second-order valence-electron chi connectivity index (χ2n) is 6.56. The minimum Gasteiger partial charge on any atom is -0.352 e. The fourth-order valence-electron chi connectivity index (χ4n) is 3.37. The van der Waals surface area contributed by atoms with Crippen LogP contribution in [0.15, 0.2) is 53.7 Å². The fourth-order valence-corrected chi connectivity index (χ4v) is 3.37. The summed E-state index contributed by atoms with van der Waals surface area (Å²) in [4.78, 5) is 35.0. The van der Waals surface area contributed by atoms with E-state index in [-0.39, 0.29) is 23.9 Å². The molecule has 1 N–H and O–H groups in total. The highest BCUT2D eigenvalue weighted by Gasteiger charge is 2.22. The van der Waals surface area contributed by atoms with Crippen molar-refractivity contribution in [3.63, 3.8) is 0 Å². The minimum atomic E-state index is -0.141. The molecule has 1 saturated heterocycles. The number of nitrogens with zero attached hydrogens (tertiary/aromatic N) is 5. The molecule has 0 saturated carbocycles. The van der Waals surface area contributed by atoms with Crippen molar-refractivity contribution in [1.29, 1.82) is 0 Å². The number of rotatable bonds is 4. The standard InChI is InChI=1S/C19H20N6O2/c26-17-12-22-25(16-5-2-1-4-15(16)17)13-18(27)23-14-6-10-24(11-7-14)19-20-8-3-9-21-19/h1-5,8-9,12,14H,6-7,10-11,13H2,(H,23,27). The topological polar surface area (TPSA) is 93.0 Å². The van der Waals surface area contributed by atoms with Gasteiger partial charge >= 0.3 is 0 Å². The van der Waals surface area contributed by atoms with E-state index in [1.165, 1.54) is 6.20 Å². The predicted octanol–water partition coefficient (Wildman–Crippen LogP) is 0.972. The van der Waals surface area contributed by atoms with Crippen LogP contribution in [-0.2, 0) is 11.3 Å². The van der Waals surface area contributed by atoms with E-state index >= 15 is 0 Å². The second-order valence-corrected chi connectivity index (χ2v) is 6.56. The Bertz CT molecular complexity index is 996. The van der Waals surface area contributed by atoms with E-state index in [1.54, 1.807) is 41.3 Å². The normalized spacial score (nSPS) is 15.0. The number of para-hydroxylation sites is 1. The van der Waals surface area contributed by atoms with Crippen molar-refractivity contribution in [2.24, 2.45) is 0 Å². The number of hydrogen-bond donors (Lipinski definition) is 1. The summed E-state index contributed by atoms with van der Waals surface area (Å²) in [5.41, 5.74) is 0.522. The highest BCUT2D eigenvalue weighted by atomic mass is 16.2. The van der Waals surface area contributed by atoms with Gasteiger partial charge in [-0.1, -0.05) is 12.1 Å². The lowest BCUT2D eigenvalue weighted by Gasteiger charge is -2.32. The van der Waals surface area contributed by atoms with Crippen LogP contribution in [-0.4, -0.2) is 44.8 Å². The van der Waals surface area contributed by atoms with Gasteiger partial charge in [0.05, 0.1) is 11.7 Å². The number of aromatic nitrogens is 4. The van der Waals surface area contributed by atoms with Gasteiger partial charge in [0.1, 0.15) is 6.54 Å². The van der Waals surface area contributed by atoms with Crippen LogP contribution in [0.2, 0.25) is 0 Å². The third-order valence-corrected chi connectivity index (χ3v) is 4.75. The second kappa shape index (κ2) is 7.53. The molecule has 3 aromatic rings. The summed E-state index contributed by atoms with van der Waals surface area (Å²) in [7, 11) is 0. The highest BCUT2D eigenvalue weighted by Crippen LogP contribution is 2.15. The quantitative estimate of drug-likeness (QED) is 0.742. The van der Waals surface area contributed by atoms with E-state index < -0.39 is 0 Å². The first-order valence-electron chi connectivity index (χ1n) is 8.97. The molecular weight excluding hydrogens is 344 g/mol. The molecular formula is C19H20N6O2. The molecule has 1 amide bonds. The van der Waals surface area contributed by atoms with Crippen LogP contribution in [0.3, 0.4) is 0 Å². The smallest absolute Gasteiger partial charge is 0.241 e. The zero-order valence-electron chi connectivity index (χ0n) is 14.8. The SMILES string of the molecule is O=C(Cn1ncc(=O)c2ccccc21)NC1CCN(c2ncccn2)CC1. The van der Waals surface area contributed by atoms with Crippen molar-refractivity contribution in [1.82, 2.24) is 25.1 Å². The van der Waals surface area contributed by atoms with Crippen molar-refractivity contribution in [2.45, 2.75) is 25.4 Å². The molecule has 0 radical (unpaired) electrons. The highest BCUT2D eigenvalue weighted by molar-refractivity contribution is 5.81. The molecule has 8 heteroatoms. The van der Waals surface area contributed by atoms with Gasteiger partial charge in [0.2, 0.25) is 17.3 Å². The third kappa shape index (κ3) is 3.79. The molecule has 4 rings (SSSR count). The molecule has 1 fully saturated rings. The van der Waals surface area contributed by atoms with Gasteiger partial charge in [0, 0.05) is 36.9 Å². The third-order valence-electron chi connectivity index (χ3n) is 4.75. The lowest BCUT2D eigenvalue weighted by Crippen LogP contribution is -2.46. The summed E-state index contributed by atoms with van der Waals surface area (Å²) in [5, 5.41) is 7.75. The Morgan fingerprint density at radius 1 is 1.11 bits per heavy atom. The number of carbonyl (C=O) groups is 1. The van der Waals surface area contributed by atoms with Crippen molar-refractivity contribution in [2.75, 3.05) is 18.0 Å². The van der Waals surface area contributed by atoms with Gasteiger partial charge in [-0.2, -0.15) is 5.10 Å². The van der Waals surface area contributed by atoms with Crippen LogP contribution in [0.4, 0.5) is 5.95 Å². The van der Waals surface area contributed by atoms with Crippen molar-refractivity contribution in [3.8, 4) is 0 Å². The molecule has 27 heavy (non-hydrogen) atoms. The summed E-state index contributed by atoms with van der Waals surface area (Å²) < 4.78 is 1.57. The Kier molecular flexibility index (Phi) is 4.78. The molecule has 0 unspecified atom stereocenters. The monoisotopic (exact) mass is 364 g/mol. The number of nitrogens with one attached hydrogen (secondary N) is 1. The van der Waals surface area contributed by atoms with Gasteiger partial charge in [-0.05, 0) is 31.0 Å². The maximum Gasteiger partial charge on any atom is 0.241 e. The largest absolute Gasteiger partial charge is 0.352 e. The minimum absolute atomic E-state index is 0.0861. The molecule has 0 aliphatic carbocycles. The van der Waals surface area contributed by atoms with Crippen LogP contribution >= 0.6 is 0 Å². The lowest BCUT2D eigenvalue weighted by molar-refractivity contribution is -0.122. The van der Waals surface area contributed by atoms with E-state index in [2.05, 4.69) is 25.3 Å². The summed E-state index contributed by atoms with van der Waals surface area (Å²) in [6, 6.07) is 9.09. The van der Waals surface area contributed by atoms with Crippen LogP contribution in [0.25, 0.3) is 10.9 Å². The number of benzene rings is 1. The van der Waals surface area contributed by atoms with Crippen LogP contribution in [0, 0.1) is 0 Å². The Morgan fingerprint density at radius 2 is 1.85 bits per heavy atom. The van der Waals surface area contributed by atoms with E-state index in [0.29, 0.717) is 10.9 Å². The molecule has 8 nitrogen and oxygen atoms in total. The summed E-state index contributed by atoms with van der Waals surface area (Å²) in [6.45, 7) is 1.69. The Labute approximate surface area is 155 Å². The number of hydrogen-bond acceptors (Lipinski definition) is 6. The Balaban J connectivity index is 1.37. The first-order valence-corrected chi connectivity index (χ1v) is 8.97. The zero-order valence-corrected chi connectivity index (χ0v) is 14.8. The van der Waals surface area contributed by atoms with Gasteiger partial charge in [-0.15, -0.1) is 0 Å². The number of piperidine rings is 1. The van der Waals surface area contributed by atoms with Crippen LogP contribution in [0.5, 0.6) is 0 Å². The molecule has 0 bridgehead atoms. The number of carbonyl (C=O) groups excluding carboxylic acids is 1. The molecule has 0 atom stereocenters. The van der Waals surface area contributed by atoms with Crippen molar-refractivity contribution < 1.29 is 4.79 Å². The van der Waals surface area contributed by atoms with E-state index in [0.717, 1.165) is 31.9 Å². The number of amides is 1. The number of anilines is 1. The van der Waals surface area contributed by atoms with Gasteiger partial charge in [0.25, 0.3) is 0 Å². The molecule has 2 aromatic heterocycles. The van der Waals surface area contributed by atoms with Crippen molar-refractivity contribution >= 4 is 22.8 Å². The summed E-state index contributed by atoms with van der Waals surface area (Å²) >= 11 is 0. The van der Waals surface area contributed by atoms with Crippen LogP contribution < -0.4 is 15.6 Å². The van der Waals surface area contributed by atoms with E-state index in [9.17, 15) is 9.59 Å². The van der Waals surface area contributed by atoms with E-state index in [4.69, 9.17) is 0 Å². The summed E-state index contributed by atoms with van der Waals surface area (Å²) in [5.74, 6) is 0.622. The molecule has 3 heterocycles. The molecule has 1 aliphatic heterocycles. The molecule has 138 valence electrons. The van der Waals surface area contributed by atoms with Gasteiger partial charge in [-0.3, -0.25) is 14.3 Å². The maximum absolute atomic E-state index is 12.5. The summed E-state index contributed by atoms with van der Waals surface area (Å²) in [6.07, 6.45) is 6.40. The van der Waals surface area contributed by atoms with E-state index in [1.807, 2.05) is 6.07 Å².